The van der Waals surface area contributed by atoms with Gasteiger partial charge in [0, 0.05) is 18.2 Å². The van der Waals surface area contributed by atoms with E-state index >= 15 is 0 Å². The molecule has 1 saturated carbocycles. The molecule has 1 aromatic rings. The van der Waals surface area contributed by atoms with Gasteiger partial charge in [-0.05, 0) is 44.6 Å². The van der Waals surface area contributed by atoms with Gasteiger partial charge in [0.15, 0.2) is 0 Å². The molecule has 104 valence electrons. The van der Waals surface area contributed by atoms with Crippen molar-refractivity contribution in [1.29, 1.82) is 0 Å². The lowest BCUT2D eigenvalue weighted by Gasteiger charge is -2.40. The molecule has 1 aliphatic heterocycles. The van der Waals surface area contributed by atoms with Crippen LogP contribution in [0.1, 0.15) is 50.7 Å². The Kier molecular flexibility index (Phi) is 3.48. The smallest absolute Gasteiger partial charge is 0.146 e. The maximum Gasteiger partial charge on any atom is 0.146 e. The van der Waals surface area contributed by atoms with Crippen LogP contribution < -0.4 is 4.90 Å². The molecule has 1 N–H and O–H groups in total. The van der Waals surface area contributed by atoms with Crippen LogP contribution in [0.5, 0.6) is 0 Å². The molecular formula is C16H22FNO. The third-order valence-electron chi connectivity index (χ3n) is 4.75. The molecule has 2 fully saturated rings. The lowest BCUT2D eigenvalue weighted by atomic mass is 9.90. The zero-order valence-corrected chi connectivity index (χ0v) is 11.5. The molecule has 3 atom stereocenters. The number of anilines is 1. The van der Waals surface area contributed by atoms with E-state index in [1.165, 1.54) is 25.3 Å². The topological polar surface area (TPSA) is 23.5 Å². The summed E-state index contributed by atoms with van der Waals surface area (Å²) < 4.78 is 14.3. The second kappa shape index (κ2) is 5.12. The maximum absolute atomic E-state index is 14.3. The van der Waals surface area contributed by atoms with E-state index in [0.717, 1.165) is 30.9 Å². The van der Waals surface area contributed by atoms with Gasteiger partial charge in [0.25, 0.3) is 0 Å². The molecule has 1 saturated heterocycles. The first kappa shape index (κ1) is 12.9. The van der Waals surface area contributed by atoms with Gasteiger partial charge in [-0.2, -0.15) is 0 Å². The summed E-state index contributed by atoms with van der Waals surface area (Å²) in [7, 11) is 0. The van der Waals surface area contributed by atoms with Crippen molar-refractivity contribution in [3.05, 3.63) is 29.6 Å². The zero-order chi connectivity index (χ0) is 13.4. The Morgan fingerprint density at radius 2 is 2.05 bits per heavy atom. The minimum absolute atomic E-state index is 0.189. The van der Waals surface area contributed by atoms with Crippen molar-refractivity contribution < 1.29 is 9.50 Å². The number of nitrogens with zero attached hydrogens (tertiary/aromatic N) is 1. The van der Waals surface area contributed by atoms with E-state index in [-0.39, 0.29) is 5.82 Å². The summed E-state index contributed by atoms with van der Waals surface area (Å²) in [6.45, 7) is 2.64. The van der Waals surface area contributed by atoms with Gasteiger partial charge in [0.05, 0.1) is 11.8 Å². The summed E-state index contributed by atoms with van der Waals surface area (Å²) in [6.07, 6.45) is 5.49. The van der Waals surface area contributed by atoms with Gasteiger partial charge in [-0.25, -0.2) is 4.39 Å². The number of hydrogen-bond acceptors (Lipinski definition) is 2. The zero-order valence-electron chi connectivity index (χ0n) is 11.5. The van der Waals surface area contributed by atoms with Crippen LogP contribution in [0.3, 0.4) is 0 Å². The van der Waals surface area contributed by atoms with Crippen LogP contribution in [0.4, 0.5) is 10.1 Å². The van der Waals surface area contributed by atoms with Crippen molar-refractivity contribution in [2.24, 2.45) is 5.92 Å². The van der Waals surface area contributed by atoms with Crippen LogP contribution in [-0.2, 0) is 0 Å². The van der Waals surface area contributed by atoms with Crippen LogP contribution in [0.15, 0.2) is 18.2 Å². The Morgan fingerprint density at radius 1 is 1.26 bits per heavy atom. The number of fused-ring (bicyclic) bond motifs is 1. The fourth-order valence-electron chi connectivity index (χ4n) is 3.90. The summed E-state index contributed by atoms with van der Waals surface area (Å²) in [5, 5.41) is 9.91. The quantitative estimate of drug-likeness (QED) is 0.880. The minimum Gasteiger partial charge on any atom is -0.389 e. The molecule has 0 amide bonds. The predicted molar refractivity (Wildman–Crippen MR) is 74.7 cm³/mol. The molecular weight excluding hydrogens is 241 g/mol. The number of halogens is 1. The fourth-order valence-corrected chi connectivity index (χ4v) is 3.90. The third kappa shape index (κ3) is 2.25. The summed E-state index contributed by atoms with van der Waals surface area (Å²) >= 11 is 0. The second-order valence-electron chi connectivity index (χ2n) is 5.95. The Hall–Kier alpha value is -1.09. The fraction of sp³-hybridized carbons (Fsp3) is 0.625. The van der Waals surface area contributed by atoms with E-state index in [2.05, 4.69) is 4.90 Å². The summed E-state index contributed by atoms with van der Waals surface area (Å²) in [5.74, 6) is 0.529. The molecule has 2 nitrogen and oxygen atoms in total. The van der Waals surface area contributed by atoms with Gasteiger partial charge in [-0.15, -0.1) is 0 Å². The van der Waals surface area contributed by atoms with Crippen molar-refractivity contribution in [2.75, 3.05) is 11.4 Å². The molecule has 1 aliphatic carbocycles. The van der Waals surface area contributed by atoms with Gasteiger partial charge in [-0.1, -0.05) is 18.6 Å². The monoisotopic (exact) mass is 263 g/mol. The van der Waals surface area contributed by atoms with Crippen LogP contribution in [-0.4, -0.2) is 17.7 Å². The number of hydrogen-bond donors (Lipinski definition) is 1. The summed E-state index contributed by atoms with van der Waals surface area (Å²) in [6, 6.07) is 5.53. The van der Waals surface area contributed by atoms with Crippen LogP contribution >= 0.6 is 0 Å². The number of aliphatic hydroxyl groups excluding tert-OH is 1. The van der Waals surface area contributed by atoms with Crippen LogP contribution in [0.25, 0.3) is 0 Å². The van der Waals surface area contributed by atoms with Crippen molar-refractivity contribution in [2.45, 2.75) is 51.2 Å². The number of piperidine rings is 1. The molecule has 3 heteroatoms. The minimum atomic E-state index is -0.618. The first-order valence-corrected chi connectivity index (χ1v) is 7.41. The SMILES string of the molecule is C[C@@H](O)c1cccc(F)c1N1CCCC2CCCC21. The molecule has 2 unspecified atom stereocenters. The molecule has 1 aromatic carbocycles. The van der Waals surface area contributed by atoms with Gasteiger partial charge in [-0.3, -0.25) is 0 Å². The Labute approximate surface area is 114 Å². The largest absolute Gasteiger partial charge is 0.389 e. The predicted octanol–water partition coefficient (Wildman–Crippen LogP) is 3.65. The lowest BCUT2D eigenvalue weighted by Crippen LogP contribution is -2.43. The van der Waals surface area contributed by atoms with E-state index in [4.69, 9.17) is 0 Å². The van der Waals surface area contributed by atoms with Gasteiger partial charge in [0.2, 0.25) is 0 Å². The van der Waals surface area contributed by atoms with E-state index in [1.54, 1.807) is 13.0 Å². The summed E-state index contributed by atoms with van der Waals surface area (Å²) in [5.41, 5.74) is 1.38. The molecule has 0 spiro atoms. The highest BCUT2D eigenvalue weighted by Gasteiger charge is 2.37. The Morgan fingerprint density at radius 3 is 2.84 bits per heavy atom. The second-order valence-corrected chi connectivity index (χ2v) is 5.95. The number of aliphatic hydroxyl groups is 1. The molecule has 0 radical (unpaired) electrons. The molecule has 0 aromatic heterocycles. The number of benzene rings is 1. The molecule has 2 aliphatic rings. The normalized spacial score (nSPS) is 28.3. The number of para-hydroxylation sites is 1. The van der Waals surface area contributed by atoms with Gasteiger partial charge < -0.3 is 10.0 Å². The van der Waals surface area contributed by atoms with E-state index in [1.807, 2.05) is 6.07 Å². The van der Waals surface area contributed by atoms with Gasteiger partial charge in [0.1, 0.15) is 5.82 Å². The van der Waals surface area contributed by atoms with E-state index in [9.17, 15) is 9.50 Å². The lowest BCUT2D eigenvalue weighted by molar-refractivity contribution is 0.198. The standard InChI is InChI=1S/C16H22FNO/c1-11(19)13-7-3-8-14(17)16(13)18-10-4-6-12-5-2-9-15(12)18/h3,7-8,11-12,15,19H,2,4-6,9-10H2,1H3/t11-,12?,15?/m1/s1. The van der Waals surface area contributed by atoms with Crippen molar-refractivity contribution >= 4 is 5.69 Å². The Bertz CT molecular complexity index is 460. The highest BCUT2D eigenvalue weighted by atomic mass is 19.1. The molecule has 0 bridgehead atoms. The summed E-state index contributed by atoms with van der Waals surface area (Å²) in [4.78, 5) is 2.23. The maximum atomic E-state index is 14.3. The average molecular weight is 263 g/mol. The van der Waals surface area contributed by atoms with Crippen molar-refractivity contribution in [3.8, 4) is 0 Å². The van der Waals surface area contributed by atoms with Crippen LogP contribution in [0, 0.1) is 11.7 Å². The molecule has 19 heavy (non-hydrogen) atoms. The van der Waals surface area contributed by atoms with Gasteiger partial charge >= 0.3 is 0 Å². The molecule has 3 rings (SSSR count). The van der Waals surface area contributed by atoms with Crippen molar-refractivity contribution in [3.63, 3.8) is 0 Å². The number of rotatable bonds is 2. The average Bonchev–Trinajstić information content (AvgIpc) is 2.86. The first-order chi connectivity index (χ1) is 9.18. The van der Waals surface area contributed by atoms with E-state index in [0.29, 0.717) is 11.7 Å². The third-order valence-corrected chi connectivity index (χ3v) is 4.75. The van der Waals surface area contributed by atoms with E-state index < -0.39 is 6.10 Å². The highest BCUT2D eigenvalue weighted by Crippen LogP contribution is 2.41. The van der Waals surface area contributed by atoms with Crippen LogP contribution in [0.2, 0.25) is 0 Å². The molecule has 1 heterocycles. The Balaban J connectivity index is 2.00. The van der Waals surface area contributed by atoms with Crippen molar-refractivity contribution in [1.82, 2.24) is 0 Å². The highest BCUT2D eigenvalue weighted by molar-refractivity contribution is 5.57. The first-order valence-electron chi connectivity index (χ1n) is 7.41.